The van der Waals surface area contributed by atoms with Crippen molar-refractivity contribution in [3.8, 4) is 0 Å². The van der Waals surface area contributed by atoms with Gasteiger partial charge in [-0.15, -0.1) is 0 Å². The smallest absolute Gasteiger partial charge is 0.174 e. The van der Waals surface area contributed by atoms with Gasteiger partial charge < -0.3 is 5.11 Å². The van der Waals surface area contributed by atoms with Gasteiger partial charge in [-0.25, -0.2) is 4.39 Å². The molecule has 0 amide bonds. The number of rotatable bonds is 3. The molecule has 0 atom stereocenters. The molecule has 0 aromatic heterocycles. The molecule has 1 aliphatic carbocycles. The van der Waals surface area contributed by atoms with Crippen LogP contribution in [0.3, 0.4) is 0 Å². The maximum atomic E-state index is 13.4. The topological polar surface area (TPSA) is 37.3 Å². The van der Waals surface area contributed by atoms with Crippen LogP contribution in [0.5, 0.6) is 0 Å². The van der Waals surface area contributed by atoms with Crippen LogP contribution in [0.1, 0.15) is 23.2 Å². The lowest BCUT2D eigenvalue weighted by Crippen LogP contribution is -2.21. The van der Waals surface area contributed by atoms with Gasteiger partial charge in [0.2, 0.25) is 0 Å². The third-order valence-corrected chi connectivity index (χ3v) is 3.30. The van der Waals surface area contributed by atoms with Crippen LogP contribution in [0.4, 0.5) is 4.39 Å². The minimum absolute atomic E-state index is 0.0657. The molecule has 1 aromatic rings. The van der Waals surface area contributed by atoms with E-state index in [4.69, 9.17) is 5.11 Å². The number of aliphatic hydroxyl groups is 1. The van der Waals surface area contributed by atoms with Crippen molar-refractivity contribution in [1.29, 1.82) is 0 Å². The molecule has 1 N–H and O–H groups in total. The van der Waals surface area contributed by atoms with Crippen molar-refractivity contribution >= 4 is 21.7 Å². The molecule has 0 heterocycles. The molecule has 1 aliphatic rings. The second-order valence-electron chi connectivity index (χ2n) is 3.89. The lowest BCUT2D eigenvalue weighted by molar-refractivity contribution is 0.0825. The zero-order chi connectivity index (χ0) is 11.1. The molecular weight excluding hydrogens is 263 g/mol. The quantitative estimate of drug-likeness (QED) is 0.859. The van der Waals surface area contributed by atoms with Crippen molar-refractivity contribution in [2.75, 3.05) is 6.61 Å². The maximum Gasteiger partial charge on any atom is 0.174 e. The zero-order valence-electron chi connectivity index (χ0n) is 7.96. The molecule has 2 nitrogen and oxygen atoms in total. The average molecular weight is 273 g/mol. The van der Waals surface area contributed by atoms with Gasteiger partial charge in [-0.05, 0) is 31.0 Å². The molecule has 15 heavy (non-hydrogen) atoms. The Hall–Kier alpha value is -0.740. The first-order chi connectivity index (χ1) is 7.09. The van der Waals surface area contributed by atoms with Gasteiger partial charge in [-0.1, -0.05) is 15.9 Å². The predicted molar refractivity (Wildman–Crippen MR) is 57.2 cm³/mol. The summed E-state index contributed by atoms with van der Waals surface area (Å²) in [6, 6.07) is 4.27. The number of hydrogen-bond acceptors (Lipinski definition) is 2. The van der Waals surface area contributed by atoms with Gasteiger partial charge in [0, 0.05) is 4.47 Å². The fourth-order valence-electron chi connectivity index (χ4n) is 1.57. The number of carbonyl (C=O) groups excluding carboxylic acids is 1. The number of hydrogen-bond donors (Lipinski definition) is 1. The van der Waals surface area contributed by atoms with Crippen LogP contribution in [-0.2, 0) is 0 Å². The minimum atomic E-state index is -0.707. The zero-order valence-corrected chi connectivity index (χ0v) is 9.55. The molecule has 4 heteroatoms. The third-order valence-electron chi connectivity index (χ3n) is 2.81. The average Bonchev–Trinajstić information content (AvgIpc) is 3.01. The van der Waals surface area contributed by atoms with Crippen LogP contribution >= 0.6 is 15.9 Å². The van der Waals surface area contributed by atoms with Crippen molar-refractivity contribution in [1.82, 2.24) is 0 Å². The Kier molecular flexibility index (Phi) is 2.64. The fourth-order valence-corrected chi connectivity index (χ4v) is 1.93. The Labute approximate surface area is 95.2 Å². The molecule has 0 radical (unpaired) electrons. The molecular formula is C11H10BrFO2. The molecule has 1 fully saturated rings. The Morgan fingerprint density at radius 3 is 2.73 bits per heavy atom. The van der Waals surface area contributed by atoms with Gasteiger partial charge in [-0.3, -0.25) is 4.79 Å². The number of Topliss-reactive ketones (excluding diaryl/α,β-unsaturated/α-hetero) is 1. The summed E-state index contributed by atoms with van der Waals surface area (Å²) < 4.78 is 14.1. The highest BCUT2D eigenvalue weighted by Crippen LogP contribution is 2.48. The number of ketones is 1. The summed E-state index contributed by atoms with van der Waals surface area (Å²) in [6.45, 7) is -0.197. The van der Waals surface area contributed by atoms with E-state index in [1.807, 2.05) is 0 Å². The van der Waals surface area contributed by atoms with Gasteiger partial charge in [0.15, 0.2) is 5.78 Å². The highest BCUT2D eigenvalue weighted by molar-refractivity contribution is 9.10. The lowest BCUT2D eigenvalue weighted by atomic mass is 9.95. The van der Waals surface area contributed by atoms with E-state index in [-0.39, 0.29) is 18.0 Å². The molecule has 0 bridgehead atoms. The summed E-state index contributed by atoms with van der Waals surface area (Å²) in [5.41, 5.74) is -0.641. The van der Waals surface area contributed by atoms with Crippen LogP contribution in [0.2, 0.25) is 0 Å². The molecule has 2 rings (SSSR count). The summed E-state index contributed by atoms with van der Waals surface area (Å²) in [5.74, 6) is -0.813. The van der Waals surface area contributed by atoms with Gasteiger partial charge >= 0.3 is 0 Å². The SMILES string of the molecule is O=C(c1cc(Br)ccc1F)C1(CO)CC1. The summed E-state index contributed by atoms with van der Waals surface area (Å²) in [6.07, 6.45) is 1.29. The summed E-state index contributed by atoms with van der Waals surface area (Å²) >= 11 is 3.19. The molecule has 0 saturated heterocycles. The van der Waals surface area contributed by atoms with Crippen molar-refractivity contribution in [2.45, 2.75) is 12.8 Å². The first-order valence-corrected chi connectivity index (χ1v) is 5.49. The van der Waals surface area contributed by atoms with Crippen LogP contribution in [0.15, 0.2) is 22.7 Å². The van der Waals surface area contributed by atoms with Crippen LogP contribution in [-0.4, -0.2) is 17.5 Å². The Bertz CT molecular complexity index is 413. The molecule has 1 aromatic carbocycles. The molecule has 0 spiro atoms. The second kappa shape index (κ2) is 3.68. The maximum absolute atomic E-state index is 13.4. The Morgan fingerprint density at radius 2 is 2.20 bits per heavy atom. The van der Waals surface area contributed by atoms with Crippen LogP contribution in [0.25, 0.3) is 0 Å². The molecule has 0 unspecified atom stereocenters. The van der Waals surface area contributed by atoms with E-state index >= 15 is 0 Å². The van der Waals surface area contributed by atoms with Crippen LogP contribution in [0, 0.1) is 11.2 Å². The van der Waals surface area contributed by atoms with Crippen molar-refractivity contribution in [2.24, 2.45) is 5.41 Å². The minimum Gasteiger partial charge on any atom is -0.395 e. The van der Waals surface area contributed by atoms with E-state index < -0.39 is 11.2 Å². The molecule has 0 aliphatic heterocycles. The first-order valence-electron chi connectivity index (χ1n) is 4.70. The highest BCUT2D eigenvalue weighted by Gasteiger charge is 2.49. The van der Waals surface area contributed by atoms with E-state index in [0.29, 0.717) is 17.3 Å². The van der Waals surface area contributed by atoms with Crippen molar-refractivity contribution < 1.29 is 14.3 Å². The van der Waals surface area contributed by atoms with Crippen molar-refractivity contribution in [3.63, 3.8) is 0 Å². The van der Waals surface area contributed by atoms with Gasteiger partial charge in [0.25, 0.3) is 0 Å². The van der Waals surface area contributed by atoms with Crippen LogP contribution < -0.4 is 0 Å². The van der Waals surface area contributed by atoms with E-state index in [2.05, 4.69) is 15.9 Å². The monoisotopic (exact) mass is 272 g/mol. The Balaban J connectivity index is 2.37. The van der Waals surface area contributed by atoms with E-state index in [1.54, 1.807) is 6.07 Å². The number of aliphatic hydroxyl groups excluding tert-OH is 1. The lowest BCUT2D eigenvalue weighted by Gasteiger charge is -2.11. The van der Waals surface area contributed by atoms with Crippen molar-refractivity contribution in [3.05, 3.63) is 34.1 Å². The summed E-state index contributed by atoms with van der Waals surface area (Å²) in [7, 11) is 0. The van der Waals surface area contributed by atoms with E-state index in [1.165, 1.54) is 12.1 Å². The highest BCUT2D eigenvalue weighted by atomic mass is 79.9. The van der Waals surface area contributed by atoms with Gasteiger partial charge in [0.05, 0.1) is 17.6 Å². The first kappa shape index (κ1) is 10.8. The van der Waals surface area contributed by atoms with Gasteiger partial charge in [0.1, 0.15) is 5.82 Å². The largest absolute Gasteiger partial charge is 0.395 e. The normalized spacial score (nSPS) is 17.5. The summed E-state index contributed by atoms with van der Waals surface area (Å²) in [5, 5.41) is 9.09. The number of benzene rings is 1. The number of halogens is 2. The Morgan fingerprint density at radius 1 is 1.53 bits per heavy atom. The van der Waals surface area contributed by atoms with E-state index in [0.717, 1.165) is 0 Å². The van der Waals surface area contributed by atoms with Gasteiger partial charge in [-0.2, -0.15) is 0 Å². The third kappa shape index (κ3) is 1.84. The molecule has 1 saturated carbocycles. The predicted octanol–water partition coefficient (Wildman–Crippen LogP) is 2.54. The standard InChI is InChI=1S/C11H10BrFO2/c12-7-1-2-9(13)8(5-7)10(15)11(6-14)3-4-11/h1-2,5,14H,3-4,6H2. The van der Waals surface area contributed by atoms with E-state index in [9.17, 15) is 9.18 Å². The molecule has 80 valence electrons. The number of carbonyl (C=O) groups is 1. The second-order valence-corrected chi connectivity index (χ2v) is 4.81. The fraction of sp³-hybridized carbons (Fsp3) is 0.364. The summed E-state index contributed by atoms with van der Waals surface area (Å²) in [4.78, 5) is 11.9.